The van der Waals surface area contributed by atoms with Gasteiger partial charge in [0.05, 0.1) is 19.3 Å². The summed E-state index contributed by atoms with van der Waals surface area (Å²) in [6.07, 6.45) is 5.12. The summed E-state index contributed by atoms with van der Waals surface area (Å²) >= 11 is 0. The van der Waals surface area contributed by atoms with Gasteiger partial charge in [0, 0.05) is 17.7 Å². The second-order valence-corrected chi connectivity index (χ2v) is 9.44. The molecule has 5 nitrogen and oxygen atoms in total. The van der Waals surface area contributed by atoms with Gasteiger partial charge in [-0.2, -0.15) is 5.10 Å². The number of aryl methyl sites for hydroxylation is 2. The molecule has 1 saturated carbocycles. The first kappa shape index (κ1) is 22.1. The predicted octanol–water partition coefficient (Wildman–Crippen LogP) is 4.92. The minimum atomic E-state index is -0.0817. The molecule has 0 bridgehead atoms. The van der Waals surface area contributed by atoms with Crippen molar-refractivity contribution in [2.75, 3.05) is 12.8 Å². The second-order valence-electron chi connectivity index (χ2n) is 9.44. The van der Waals surface area contributed by atoms with Gasteiger partial charge < -0.3 is 10.5 Å². The van der Waals surface area contributed by atoms with Crippen molar-refractivity contribution in [1.82, 2.24) is 9.78 Å². The zero-order valence-corrected chi connectivity index (χ0v) is 19.6. The SMILES string of the molecule is COc1ccc(Cn2nc(Cc3c(C)cc(N)cc3C)cc(C3(C)CCCC3)c2=O)cc1. The van der Waals surface area contributed by atoms with Crippen molar-refractivity contribution in [1.29, 1.82) is 0 Å². The maximum atomic E-state index is 13.5. The first-order chi connectivity index (χ1) is 15.3. The van der Waals surface area contributed by atoms with Gasteiger partial charge in [-0.25, -0.2) is 4.68 Å². The van der Waals surface area contributed by atoms with Gasteiger partial charge in [0.2, 0.25) is 0 Å². The summed E-state index contributed by atoms with van der Waals surface area (Å²) < 4.78 is 6.92. The molecule has 0 unspecified atom stereocenters. The number of ether oxygens (including phenoxy) is 1. The highest BCUT2D eigenvalue weighted by molar-refractivity contribution is 5.50. The molecule has 1 aromatic heterocycles. The van der Waals surface area contributed by atoms with E-state index in [9.17, 15) is 4.79 Å². The first-order valence-corrected chi connectivity index (χ1v) is 11.4. The summed E-state index contributed by atoms with van der Waals surface area (Å²) in [5.41, 5.74) is 13.2. The number of benzene rings is 2. The Bertz CT molecular complexity index is 1150. The Morgan fingerprint density at radius 3 is 2.28 bits per heavy atom. The lowest BCUT2D eigenvalue weighted by Crippen LogP contribution is -2.35. The van der Waals surface area contributed by atoms with E-state index in [1.165, 1.54) is 18.4 Å². The molecule has 4 rings (SSSR count). The quantitative estimate of drug-likeness (QED) is 0.562. The second kappa shape index (κ2) is 8.81. The lowest BCUT2D eigenvalue weighted by atomic mass is 9.81. The molecular weight excluding hydrogens is 398 g/mol. The Hall–Kier alpha value is -3.08. The minimum absolute atomic E-state index is 0.0275. The van der Waals surface area contributed by atoms with Gasteiger partial charge in [0.1, 0.15) is 5.75 Å². The lowest BCUT2D eigenvalue weighted by molar-refractivity contribution is 0.414. The normalized spacial score (nSPS) is 15.1. The van der Waals surface area contributed by atoms with Crippen LogP contribution >= 0.6 is 0 Å². The van der Waals surface area contributed by atoms with Gasteiger partial charge in [0.25, 0.3) is 5.56 Å². The smallest absolute Gasteiger partial charge is 0.270 e. The highest BCUT2D eigenvalue weighted by Crippen LogP contribution is 2.39. The molecule has 1 heterocycles. The minimum Gasteiger partial charge on any atom is -0.497 e. The van der Waals surface area contributed by atoms with Crippen molar-refractivity contribution < 1.29 is 4.74 Å². The largest absolute Gasteiger partial charge is 0.497 e. The molecule has 168 valence electrons. The summed E-state index contributed by atoms with van der Waals surface area (Å²) in [5.74, 6) is 0.802. The summed E-state index contributed by atoms with van der Waals surface area (Å²) in [5, 5.41) is 4.81. The zero-order valence-electron chi connectivity index (χ0n) is 19.6. The van der Waals surface area contributed by atoms with Crippen LogP contribution in [-0.4, -0.2) is 16.9 Å². The van der Waals surface area contributed by atoms with Crippen molar-refractivity contribution in [2.45, 2.75) is 64.8 Å². The molecule has 1 aliphatic carbocycles. The zero-order chi connectivity index (χ0) is 22.9. The third-order valence-electron chi connectivity index (χ3n) is 6.95. The van der Waals surface area contributed by atoms with E-state index in [-0.39, 0.29) is 11.0 Å². The highest BCUT2D eigenvalue weighted by atomic mass is 16.5. The monoisotopic (exact) mass is 431 g/mol. The topological polar surface area (TPSA) is 70.1 Å². The summed E-state index contributed by atoms with van der Waals surface area (Å²) in [4.78, 5) is 13.5. The van der Waals surface area contributed by atoms with Crippen molar-refractivity contribution in [3.8, 4) is 5.75 Å². The Labute approximate surface area is 190 Å². The Morgan fingerprint density at radius 2 is 1.69 bits per heavy atom. The fraction of sp³-hybridized carbons (Fsp3) is 0.407. The van der Waals surface area contributed by atoms with Crippen molar-refractivity contribution in [3.05, 3.63) is 86.3 Å². The van der Waals surface area contributed by atoms with E-state index < -0.39 is 0 Å². The Balaban J connectivity index is 1.77. The summed E-state index contributed by atoms with van der Waals surface area (Å²) in [6, 6.07) is 13.9. The van der Waals surface area contributed by atoms with Gasteiger partial charge in [-0.3, -0.25) is 4.79 Å². The molecule has 1 fully saturated rings. The van der Waals surface area contributed by atoms with Gasteiger partial charge in [0.15, 0.2) is 0 Å². The predicted molar refractivity (Wildman–Crippen MR) is 130 cm³/mol. The molecule has 3 aromatic rings. The Kier molecular flexibility index (Phi) is 6.09. The standard InChI is InChI=1S/C27H33N3O2/c1-18-13-21(28)14-19(2)24(18)15-22-16-25(27(3)11-5-6-12-27)26(31)30(29-22)17-20-7-9-23(32-4)10-8-20/h7-10,13-14,16H,5-6,11-12,15,17,28H2,1-4H3. The average Bonchev–Trinajstić information content (AvgIpc) is 3.20. The third kappa shape index (κ3) is 4.43. The van der Waals surface area contributed by atoms with E-state index in [1.54, 1.807) is 11.8 Å². The fourth-order valence-electron chi connectivity index (χ4n) is 5.04. The number of hydrogen-bond donors (Lipinski definition) is 1. The molecule has 32 heavy (non-hydrogen) atoms. The first-order valence-electron chi connectivity index (χ1n) is 11.4. The molecule has 0 aliphatic heterocycles. The number of aromatic nitrogens is 2. The average molecular weight is 432 g/mol. The van der Waals surface area contributed by atoms with E-state index in [0.717, 1.165) is 52.2 Å². The van der Waals surface area contributed by atoms with Gasteiger partial charge >= 0.3 is 0 Å². The van der Waals surface area contributed by atoms with E-state index >= 15 is 0 Å². The van der Waals surface area contributed by atoms with E-state index in [1.807, 2.05) is 36.4 Å². The Morgan fingerprint density at radius 1 is 1.06 bits per heavy atom. The number of hydrogen-bond acceptors (Lipinski definition) is 4. The van der Waals surface area contributed by atoms with Crippen LogP contribution in [0.25, 0.3) is 0 Å². The van der Waals surface area contributed by atoms with Crippen LogP contribution in [0.5, 0.6) is 5.75 Å². The van der Waals surface area contributed by atoms with Gasteiger partial charge in [-0.05, 0) is 84.7 Å². The number of anilines is 1. The van der Waals surface area contributed by atoms with Gasteiger partial charge in [-0.15, -0.1) is 0 Å². The molecule has 2 aromatic carbocycles. The summed E-state index contributed by atoms with van der Waals surface area (Å²) in [6.45, 7) is 6.86. The molecule has 0 spiro atoms. The van der Waals surface area contributed by atoms with E-state index in [2.05, 4.69) is 26.8 Å². The van der Waals surface area contributed by atoms with E-state index in [0.29, 0.717) is 13.0 Å². The molecule has 0 atom stereocenters. The summed E-state index contributed by atoms with van der Waals surface area (Å²) in [7, 11) is 1.65. The van der Waals surface area contributed by atoms with Crippen molar-refractivity contribution in [3.63, 3.8) is 0 Å². The van der Waals surface area contributed by atoms with Crippen molar-refractivity contribution in [2.24, 2.45) is 0 Å². The van der Waals surface area contributed by atoms with Crippen LogP contribution in [0.1, 0.15) is 66.1 Å². The molecule has 1 aliphatic rings. The van der Waals surface area contributed by atoms with Crippen LogP contribution in [0.3, 0.4) is 0 Å². The molecule has 5 heteroatoms. The van der Waals surface area contributed by atoms with Crippen LogP contribution in [0.4, 0.5) is 5.69 Å². The number of nitrogens with two attached hydrogens (primary N) is 1. The lowest BCUT2D eigenvalue weighted by Gasteiger charge is -2.25. The highest BCUT2D eigenvalue weighted by Gasteiger charge is 2.34. The van der Waals surface area contributed by atoms with Crippen LogP contribution in [0.15, 0.2) is 47.3 Å². The number of nitrogens with zero attached hydrogens (tertiary/aromatic N) is 2. The molecule has 0 amide bonds. The van der Waals surface area contributed by atoms with Crippen LogP contribution in [0.2, 0.25) is 0 Å². The molecule has 0 saturated heterocycles. The van der Waals surface area contributed by atoms with E-state index in [4.69, 9.17) is 15.6 Å². The van der Waals surface area contributed by atoms with Crippen molar-refractivity contribution >= 4 is 5.69 Å². The van der Waals surface area contributed by atoms with Gasteiger partial charge in [-0.1, -0.05) is 31.9 Å². The maximum Gasteiger partial charge on any atom is 0.270 e. The fourth-order valence-corrected chi connectivity index (χ4v) is 5.04. The maximum absolute atomic E-state index is 13.5. The molecule has 0 radical (unpaired) electrons. The molecular formula is C27H33N3O2. The number of nitrogen functional groups attached to an aromatic ring is 1. The van der Waals surface area contributed by atoms with Crippen LogP contribution < -0.4 is 16.0 Å². The van der Waals surface area contributed by atoms with Crippen LogP contribution in [-0.2, 0) is 18.4 Å². The third-order valence-corrected chi connectivity index (χ3v) is 6.95. The number of methoxy groups -OCH3 is 1. The number of rotatable bonds is 6. The van der Waals surface area contributed by atoms with Crippen LogP contribution in [0, 0.1) is 13.8 Å². The molecule has 2 N–H and O–H groups in total.